The molecule has 14 heteroatoms. The molecule has 47 heavy (non-hydrogen) atoms. The van der Waals surface area contributed by atoms with Gasteiger partial charge in [0.25, 0.3) is 0 Å². The first-order valence-electron chi connectivity index (χ1n) is 13.6. The topological polar surface area (TPSA) is 28.1 Å². The van der Waals surface area contributed by atoms with Crippen molar-refractivity contribution in [3.63, 3.8) is 0 Å². The van der Waals surface area contributed by atoms with Crippen LogP contribution in [0.5, 0.6) is 0 Å². The summed E-state index contributed by atoms with van der Waals surface area (Å²) in [5.41, 5.74) is -3.63. The molecule has 1 aliphatic rings. The Morgan fingerprint density at radius 1 is 0.596 bits per heavy atom. The van der Waals surface area contributed by atoms with E-state index in [9.17, 15) is 5.26 Å². The smallest absolute Gasteiger partial charge is 0.227 e. The minimum atomic E-state index is -5.74. The van der Waals surface area contributed by atoms with Crippen LogP contribution in [0.3, 0.4) is 0 Å². The second kappa shape index (κ2) is 11.3. The summed E-state index contributed by atoms with van der Waals surface area (Å²) >= 11 is 6.73. The molecule has 0 aromatic carbocycles. The van der Waals surface area contributed by atoms with E-state index in [0.29, 0.717) is 39.1 Å². The van der Waals surface area contributed by atoms with Crippen molar-refractivity contribution in [3.8, 4) is 45.1 Å². The highest BCUT2D eigenvalue weighted by Crippen LogP contribution is 2.67. The van der Waals surface area contributed by atoms with Gasteiger partial charge in [-0.25, -0.2) is 4.85 Å². The third-order valence-corrected chi connectivity index (χ3v) is 14.5. The van der Waals surface area contributed by atoms with Crippen molar-refractivity contribution < 1.29 is 26.3 Å². The predicted molar refractivity (Wildman–Crippen MR) is 184 cm³/mol. The van der Waals surface area contributed by atoms with E-state index in [-0.39, 0.29) is 9.75 Å². The number of hydrogen-bond acceptors (Lipinski definition) is 7. The quantitative estimate of drug-likeness (QED) is 0.123. The molecule has 0 spiro atoms. The molecule has 0 radical (unpaired) electrons. The fraction of sp³-hybridized carbons (Fsp3) is 0.152. The van der Waals surface area contributed by atoms with Crippen LogP contribution in [0.15, 0.2) is 60.7 Å². The van der Waals surface area contributed by atoms with E-state index in [1.54, 1.807) is 62.4 Å². The van der Waals surface area contributed by atoms with Gasteiger partial charge in [0.1, 0.15) is 10.9 Å². The Kier molecular flexibility index (Phi) is 7.71. The van der Waals surface area contributed by atoms with Crippen LogP contribution >= 0.6 is 68.0 Å². The average molecular weight is 747 g/mol. The molecule has 6 aromatic heterocycles. The van der Waals surface area contributed by atoms with E-state index in [0.717, 1.165) is 55.1 Å². The van der Waals surface area contributed by atoms with E-state index >= 15 is 26.3 Å². The van der Waals surface area contributed by atoms with Gasteiger partial charge in [0.15, 0.2) is 0 Å². The molecule has 0 atom stereocenters. The van der Waals surface area contributed by atoms with Gasteiger partial charge in [-0.3, -0.25) is 0 Å². The van der Waals surface area contributed by atoms with Crippen molar-refractivity contribution in [2.24, 2.45) is 0 Å². The summed E-state index contributed by atoms with van der Waals surface area (Å²) in [5.74, 6) is -16.2. The molecule has 0 fully saturated rings. The van der Waals surface area contributed by atoms with Crippen LogP contribution < -0.4 is 0 Å². The van der Waals surface area contributed by atoms with Crippen LogP contribution in [0.2, 0.25) is 0 Å². The monoisotopic (exact) mass is 746 g/mol. The predicted octanol–water partition coefficient (Wildman–Crippen LogP) is 13.6. The second-order valence-corrected chi connectivity index (χ2v) is 17.4. The number of rotatable bonds is 6. The largest absolute Gasteiger partial charge is 0.380 e. The van der Waals surface area contributed by atoms with Gasteiger partial charge in [-0.15, -0.1) is 56.7 Å². The number of halogens is 6. The number of nitriles is 1. The summed E-state index contributed by atoms with van der Waals surface area (Å²) < 4.78 is 96.2. The summed E-state index contributed by atoms with van der Waals surface area (Å²) in [6.45, 7) is 10.9. The molecule has 0 amide bonds. The van der Waals surface area contributed by atoms with Gasteiger partial charge in [-0.2, -0.15) is 42.9 Å². The zero-order valence-electron chi connectivity index (χ0n) is 23.9. The lowest BCUT2D eigenvalue weighted by atomic mass is 9.94. The van der Waals surface area contributed by atoms with E-state index in [2.05, 4.69) is 4.85 Å². The van der Waals surface area contributed by atoms with Crippen molar-refractivity contribution >= 4 is 84.2 Å². The second-order valence-electron chi connectivity index (χ2n) is 10.5. The van der Waals surface area contributed by atoms with Crippen LogP contribution in [-0.4, -0.2) is 17.8 Å². The van der Waals surface area contributed by atoms with Crippen LogP contribution in [-0.2, 0) is 0 Å². The van der Waals surface area contributed by atoms with Crippen molar-refractivity contribution in [1.29, 1.82) is 5.26 Å². The Morgan fingerprint density at radius 2 is 1.06 bits per heavy atom. The summed E-state index contributed by atoms with van der Waals surface area (Å²) in [5, 5.41) is 9.69. The molecule has 1 aliphatic carbocycles. The average Bonchev–Trinajstić information content (AvgIpc) is 3.86. The first-order chi connectivity index (χ1) is 22.3. The molecular formula is C33H16F6N2S6. The maximum Gasteiger partial charge on any atom is 0.380 e. The lowest BCUT2D eigenvalue weighted by molar-refractivity contribution is -0.254. The molecule has 0 aliphatic heterocycles. The SMILES string of the molecule is [C-]#[N+]c1ccc(-c2cc(C3=C(c4cc(-c5ccc(C#N)s5)sc4-c4ccc(C)s4)C(F)(F)C(F)(F)C3(F)F)c(-c3ccc(C)s3)s2)s1. The number of hydrogen-bond donors (Lipinski definition) is 0. The maximum atomic E-state index is 16.2. The van der Waals surface area contributed by atoms with Crippen molar-refractivity contribution in [3.05, 3.63) is 97.8 Å². The minimum Gasteiger partial charge on any atom is -0.227 e. The molecule has 7 rings (SSSR count). The molecule has 6 aromatic rings. The third kappa shape index (κ3) is 4.96. The van der Waals surface area contributed by atoms with Crippen LogP contribution in [0.4, 0.5) is 31.3 Å². The van der Waals surface area contributed by atoms with Gasteiger partial charge in [-0.05, 0) is 68.4 Å². The number of allylic oxidation sites excluding steroid dienone is 2. The van der Waals surface area contributed by atoms with Gasteiger partial charge in [0.2, 0.25) is 5.00 Å². The minimum absolute atomic E-state index is 0.162. The number of thiophene rings is 6. The summed E-state index contributed by atoms with van der Waals surface area (Å²) in [6, 6.07) is 17.7. The number of aryl methyl sites for hydroxylation is 2. The highest BCUT2D eigenvalue weighted by molar-refractivity contribution is 7.28. The van der Waals surface area contributed by atoms with E-state index in [4.69, 9.17) is 6.57 Å². The molecule has 6 heterocycles. The van der Waals surface area contributed by atoms with Crippen LogP contribution in [0, 0.1) is 31.8 Å². The Hall–Kier alpha value is -3.50. The molecule has 0 saturated heterocycles. The highest BCUT2D eigenvalue weighted by Gasteiger charge is 2.80. The van der Waals surface area contributed by atoms with E-state index < -0.39 is 40.0 Å². The number of nitrogens with zero attached hydrogens (tertiary/aromatic N) is 2. The van der Waals surface area contributed by atoms with Gasteiger partial charge in [0, 0.05) is 61.3 Å². The van der Waals surface area contributed by atoms with Gasteiger partial charge in [-0.1, -0.05) is 6.07 Å². The van der Waals surface area contributed by atoms with Crippen LogP contribution in [0.25, 0.3) is 55.0 Å². The lowest BCUT2D eigenvalue weighted by Crippen LogP contribution is -2.48. The molecule has 236 valence electrons. The fourth-order valence-electron chi connectivity index (χ4n) is 5.36. The van der Waals surface area contributed by atoms with Crippen molar-refractivity contribution in [1.82, 2.24) is 0 Å². The fourth-order valence-corrected chi connectivity index (χ4v) is 11.4. The molecule has 0 bridgehead atoms. The number of alkyl halides is 6. The lowest BCUT2D eigenvalue weighted by Gasteiger charge is -2.25. The normalized spacial score (nSPS) is 16.5. The first-order valence-corrected chi connectivity index (χ1v) is 18.5. The first kappa shape index (κ1) is 32.1. The standard InChI is InChI=1S/C33H16F6N2S6/c1-15-4-7-22(42-15)29-18(12-24(46-29)20-9-6-17(14-40)44-20)27-28(32(36,37)33(38,39)31(27,34)35)19-13-25(21-10-11-26(41-3)45-21)47-30(19)23-8-5-16(2)43-23/h4-13H,1-2H3. The van der Waals surface area contributed by atoms with Crippen LogP contribution in [0.1, 0.15) is 25.8 Å². The zero-order valence-corrected chi connectivity index (χ0v) is 28.8. The van der Waals surface area contributed by atoms with E-state index in [1.165, 1.54) is 34.8 Å². The van der Waals surface area contributed by atoms with Gasteiger partial charge < -0.3 is 0 Å². The third-order valence-electron chi connectivity index (χ3n) is 7.50. The maximum absolute atomic E-state index is 16.2. The molecule has 2 nitrogen and oxygen atoms in total. The van der Waals surface area contributed by atoms with Gasteiger partial charge in [0.05, 0.1) is 16.3 Å². The Bertz CT molecular complexity index is 2150. The van der Waals surface area contributed by atoms with Gasteiger partial charge >= 0.3 is 17.8 Å². The Labute approximate surface area is 288 Å². The molecule has 0 N–H and O–H groups in total. The molecule has 0 unspecified atom stereocenters. The molecule has 0 saturated carbocycles. The summed E-state index contributed by atoms with van der Waals surface area (Å²) in [6.07, 6.45) is 0. The van der Waals surface area contributed by atoms with Crippen molar-refractivity contribution in [2.75, 3.05) is 0 Å². The van der Waals surface area contributed by atoms with Crippen molar-refractivity contribution in [2.45, 2.75) is 31.6 Å². The highest BCUT2D eigenvalue weighted by atomic mass is 32.1. The molecular weight excluding hydrogens is 731 g/mol. The van der Waals surface area contributed by atoms with E-state index in [1.807, 2.05) is 6.07 Å². The Balaban J connectivity index is 1.58. The Morgan fingerprint density at radius 3 is 1.47 bits per heavy atom. The summed E-state index contributed by atoms with van der Waals surface area (Å²) in [7, 11) is 0. The summed E-state index contributed by atoms with van der Waals surface area (Å²) in [4.78, 5) is 8.50. The zero-order chi connectivity index (χ0) is 33.5.